The Balaban J connectivity index is 2.60. The molecule has 0 aliphatic heterocycles. The van der Waals surface area contributed by atoms with Gasteiger partial charge >= 0.3 is 6.09 Å². The Morgan fingerprint density at radius 1 is 1.00 bits per heavy atom. The van der Waals surface area contributed by atoms with Crippen LogP contribution in [0.2, 0.25) is 0 Å². The van der Waals surface area contributed by atoms with Gasteiger partial charge in [-0.25, -0.2) is 4.79 Å². The maximum Gasteiger partial charge on any atom is 0.408 e. The van der Waals surface area contributed by atoms with Gasteiger partial charge in [0.2, 0.25) is 11.8 Å². The second-order valence-electron chi connectivity index (χ2n) is 11.0. The molecular formula is C30H43N3O5. The van der Waals surface area contributed by atoms with Gasteiger partial charge in [-0.15, -0.1) is 0 Å². The number of ether oxygens (including phenoxy) is 1. The van der Waals surface area contributed by atoms with Crippen LogP contribution in [0.25, 0.3) is 0 Å². The maximum absolute atomic E-state index is 14.3. The molecule has 0 fully saturated rings. The Bertz CT molecular complexity index is 1090. The van der Waals surface area contributed by atoms with E-state index in [2.05, 4.69) is 10.6 Å². The number of hydrogen-bond donors (Lipinski definition) is 3. The molecule has 3 unspecified atom stereocenters. The molecule has 8 nitrogen and oxygen atoms in total. The largest absolute Gasteiger partial charge is 0.508 e. The van der Waals surface area contributed by atoms with Gasteiger partial charge in [-0.3, -0.25) is 9.59 Å². The molecule has 2 rings (SSSR count). The quantitative estimate of drug-likeness (QED) is 0.403. The Hall–Kier alpha value is -3.55. The Labute approximate surface area is 226 Å². The first-order chi connectivity index (χ1) is 17.7. The average Bonchev–Trinajstić information content (AvgIpc) is 2.82. The fourth-order valence-corrected chi connectivity index (χ4v) is 4.13. The molecule has 0 aromatic heterocycles. The Kier molecular flexibility index (Phi) is 10.7. The summed E-state index contributed by atoms with van der Waals surface area (Å²) in [6, 6.07) is 11.9. The van der Waals surface area contributed by atoms with Gasteiger partial charge in [0.1, 0.15) is 23.4 Å². The third kappa shape index (κ3) is 8.78. The minimum atomic E-state index is -0.978. The van der Waals surface area contributed by atoms with E-state index in [4.69, 9.17) is 4.74 Å². The lowest BCUT2D eigenvalue weighted by molar-refractivity contribution is -0.145. The molecule has 8 heteroatoms. The van der Waals surface area contributed by atoms with Crippen LogP contribution in [0.1, 0.15) is 77.6 Å². The predicted octanol–water partition coefficient (Wildman–Crippen LogP) is 5.03. The van der Waals surface area contributed by atoms with E-state index in [9.17, 15) is 19.5 Å². The third-order valence-electron chi connectivity index (χ3n) is 6.09. The summed E-state index contributed by atoms with van der Waals surface area (Å²) in [4.78, 5) is 42.3. The van der Waals surface area contributed by atoms with Gasteiger partial charge < -0.3 is 25.4 Å². The van der Waals surface area contributed by atoms with Gasteiger partial charge in [0.25, 0.3) is 0 Å². The summed E-state index contributed by atoms with van der Waals surface area (Å²) in [5.41, 5.74) is 1.27. The minimum absolute atomic E-state index is 0.103. The van der Waals surface area contributed by atoms with E-state index in [1.54, 1.807) is 44.7 Å². The van der Waals surface area contributed by atoms with Crippen LogP contribution in [0.5, 0.6) is 5.75 Å². The lowest BCUT2D eigenvalue weighted by atomic mass is 9.96. The van der Waals surface area contributed by atoms with Gasteiger partial charge in [0.05, 0.1) is 0 Å². The van der Waals surface area contributed by atoms with Crippen LogP contribution < -0.4 is 10.6 Å². The van der Waals surface area contributed by atoms with Crippen molar-refractivity contribution in [3.8, 4) is 5.75 Å². The highest BCUT2D eigenvalue weighted by atomic mass is 16.6. The minimum Gasteiger partial charge on any atom is -0.508 e. The molecule has 2 aromatic rings. The molecule has 0 bridgehead atoms. The molecule has 0 spiro atoms. The number of hydrogen-bond acceptors (Lipinski definition) is 5. The predicted molar refractivity (Wildman–Crippen MR) is 149 cm³/mol. The number of phenolic OH excluding ortho intramolecular Hbond substituents is 1. The molecule has 2 aromatic carbocycles. The van der Waals surface area contributed by atoms with E-state index in [0.29, 0.717) is 17.5 Å². The van der Waals surface area contributed by atoms with Crippen molar-refractivity contribution in [3.63, 3.8) is 0 Å². The molecule has 0 saturated heterocycles. The maximum atomic E-state index is 14.3. The lowest BCUT2D eigenvalue weighted by Gasteiger charge is -2.38. The van der Waals surface area contributed by atoms with Crippen LogP contribution in [-0.4, -0.2) is 51.6 Å². The van der Waals surface area contributed by atoms with E-state index in [1.165, 1.54) is 6.07 Å². The van der Waals surface area contributed by atoms with Crippen LogP contribution in [0, 0.1) is 6.92 Å². The molecule has 0 aliphatic rings. The Morgan fingerprint density at radius 3 is 2.16 bits per heavy atom. The smallest absolute Gasteiger partial charge is 0.408 e. The molecule has 38 heavy (non-hydrogen) atoms. The van der Waals surface area contributed by atoms with Crippen LogP contribution in [0.3, 0.4) is 0 Å². The first kappa shape index (κ1) is 30.7. The van der Waals surface area contributed by atoms with E-state index < -0.39 is 29.7 Å². The standard InChI is InChI=1S/C30H43N3O5/c1-9-21(5)33(26(27(35)31-19(2)3)23-15-16-25(34)20(4)17-23)28(36)24(18-22-13-11-10-12-14-22)32-29(37)38-30(6,7)8/h10-17,19,21,24,26,34H,9,18H2,1-8H3,(H,31,35)(H,32,37). The molecule has 0 saturated carbocycles. The van der Waals surface area contributed by atoms with Gasteiger partial charge in [-0.1, -0.05) is 43.3 Å². The number of nitrogens with zero attached hydrogens (tertiary/aromatic N) is 1. The van der Waals surface area contributed by atoms with Crippen molar-refractivity contribution >= 4 is 17.9 Å². The molecular weight excluding hydrogens is 482 g/mol. The third-order valence-corrected chi connectivity index (χ3v) is 6.09. The monoisotopic (exact) mass is 525 g/mol. The zero-order valence-corrected chi connectivity index (χ0v) is 23.9. The van der Waals surface area contributed by atoms with Crippen LogP contribution in [0.4, 0.5) is 4.79 Å². The number of carbonyl (C=O) groups is 3. The number of aryl methyl sites for hydroxylation is 1. The Morgan fingerprint density at radius 2 is 1.63 bits per heavy atom. The zero-order chi connectivity index (χ0) is 28.6. The first-order valence-corrected chi connectivity index (χ1v) is 13.2. The number of nitrogens with one attached hydrogen (secondary N) is 2. The van der Waals surface area contributed by atoms with Gasteiger partial charge in [-0.2, -0.15) is 0 Å². The van der Waals surface area contributed by atoms with E-state index in [0.717, 1.165) is 5.56 Å². The lowest BCUT2D eigenvalue weighted by Crippen LogP contribution is -2.56. The number of alkyl carbamates (subject to hydrolysis) is 1. The van der Waals surface area contributed by atoms with Crippen molar-refractivity contribution in [3.05, 3.63) is 65.2 Å². The second-order valence-corrected chi connectivity index (χ2v) is 11.0. The van der Waals surface area contributed by atoms with Crippen molar-refractivity contribution < 1.29 is 24.2 Å². The van der Waals surface area contributed by atoms with Crippen LogP contribution in [0.15, 0.2) is 48.5 Å². The summed E-state index contributed by atoms with van der Waals surface area (Å²) in [5, 5.41) is 15.8. The molecule has 3 amide bonds. The average molecular weight is 526 g/mol. The molecule has 3 N–H and O–H groups in total. The topological polar surface area (TPSA) is 108 Å². The van der Waals surface area contributed by atoms with Crippen molar-refractivity contribution in [2.24, 2.45) is 0 Å². The number of benzene rings is 2. The fraction of sp³-hybridized carbons (Fsp3) is 0.500. The van der Waals surface area contributed by atoms with E-state index in [1.807, 2.05) is 58.0 Å². The van der Waals surface area contributed by atoms with Crippen molar-refractivity contribution in [1.82, 2.24) is 15.5 Å². The molecule has 3 atom stereocenters. The summed E-state index contributed by atoms with van der Waals surface area (Å²) in [6.07, 6.45) is 0.0946. The summed E-state index contributed by atoms with van der Waals surface area (Å²) < 4.78 is 5.47. The van der Waals surface area contributed by atoms with Crippen LogP contribution >= 0.6 is 0 Å². The highest BCUT2D eigenvalue weighted by Crippen LogP contribution is 2.30. The molecule has 0 aliphatic carbocycles. The van der Waals surface area contributed by atoms with Crippen molar-refractivity contribution in [2.45, 2.75) is 98.0 Å². The number of phenols is 1. The van der Waals surface area contributed by atoms with Gasteiger partial charge in [-0.05, 0) is 83.7 Å². The van der Waals surface area contributed by atoms with E-state index >= 15 is 0 Å². The number of amides is 3. The van der Waals surface area contributed by atoms with Crippen molar-refractivity contribution in [2.75, 3.05) is 0 Å². The normalized spacial score (nSPS) is 13.8. The summed E-state index contributed by atoms with van der Waals surface area (Å²) in [6.45, 7) is 14.5. The molecule has 208 valence electrons. The number of aromatic hydroxyl groups is 1. The summed E-state index contributed by atoms with van der Waals surface area (Å²) >= 11 is 0. The number of carbonyl (C=O) groups excluding carboxylic acids is 3. The van der Waals surface area contributed by atoms with Gasteiger partial charge in [0.15, 0.2) is 0 Å². The highest BCUT2D eigenvalue weighted by molar-refractivity contribution is 5.92. The summed E-state index contributed by atoms with van der Waals surface area (Å²) in [5.74, 6) is -0.634. The molecule has 0 radical (unpaired) electrons. The number of rotatable bonds is 10. The first-order valence-electron chi connectivity index (χ1n) is 13.2. The second kappa shape index (κ2) is 13.3. The van der Waals surface area contributed by atoms with E-state index in [-0.39, 0.29) is 30.2 Å². The summed E-state index contributed by atoms with van der Waals surface area (Å²) in [7, 11) is 0. The van der Waals surface area contributed by atoms with Crippen LogP contribution in [-0.2, 0) is 20.7 Å². The fourth-order valence-electron chi connectivity index (χ4n) is 4.13. The van der Waals surface area contributed by atoms with Crippen molar-refractivity contribution in [1.29, 1.82) is 0 Å². The highest BCUT2D eigenvalue weighted by Gasteiger charge is 2.39. The SMILES string of the molecule is CCC(C)N(C(=O)C(Cc1ccccc1)NC(=O)OC(C)(C)C)C(C(=O)NC(C)C)c1ccc(O)c(C)c1. The zero-order valence-electron chi connectivity index (χ0n) is 23.9. The van der Waals surface area contributed by atoms with Gasteiger partial charge in [0, 0.05) is 18.5 Å². The molecule has 0 heterocycles.